The van der Waals surface area contributed by atoms with Crippen LogP contribution in [-0.2, 0) is 0 Å². The molecule has 2 saturated carbocycles. The first-order valence-corrected chi connectivity index (χ1v) is 17.6. The molecule has 2 heterocycles. The molecular formula is C26H44N10S4. The molecule has 2 aromatic heterocycles. The highest BCUT2D eigenvalue weighted by Crippen LogP contribution is 2.22. The summed E-state index contributed by atoms with van der Waals surface area (Å²) >= 11 is 13.9. The third-order valence-electron chi connectivity index (χ3n) is 7.31. The predicted octanol–water partition coefficient (Wildman–Crippen LogP) is 6.76. The maximum absolute atomic E-state index is 5.37. The Labute approximate surface area is 256 Å². The van der Waals surface area contributed by atoms with Gasteiger partial charge in [0.05, 0.1) is 17.9 Å². The number of nitrogens with one attached hydrogen (secondary N) is 6. The summed E-state index contributed by atoms with van der Waals surface area (Å²) in [4.78, 5) is 24.4. The van der Waals surface area contributed by atoms with Crippen LogP contribution in [0.4, 0.5) is 11.9 Å². The summed E-state index contributed by atoms with van der Waals surface area (Å²) in [5, 5.41) is 15.7. The maximum atomic E-state index is 5.37. The Morgan fingerprint density at radius 3 is 1.65 bits per heavy atom. The van der Waals surface area contributed by atoms with Gasteiger partial charge in [0.1, 0.15) is 0 Å². The quantitative estimate of drug-likeness (QED) is 0.0511. The molecule has 0 bridgehead atoms. The third kappa shape index (κ3) is 11.5. The van der Waals surface area contributed by atoms with E-state index in [-0.39, 0.29) is 6.17 Å². The normalized spacial score (nSPS) is 16.9. The van der Waals surface area contributed by atoms with E-state index in [4.69, 9.17) is 24.4 Å². The summed E-state index contributed by atoms with van der Waals surface area (Å²) in [6.45, 7) is 2.23. The first kappa shape index (κ1) is 31.6. The number of aromatic amines is 2. The summed E-state index contributed by atoms with van der Waals surface area (Å²) in [6.07, 6.45) is 17.1. The standard InChI is InChI=1S/C26H44N10S4/c1-2-3-6-15-20(27-16-39-25-33-21(31-23(37)35-25)29-18-11-7-4-8-12-18)28-17-40-26-34-22(32-24(38)36-26)30-19-13-9-5-10-14-19/h18-20,27-28H,2-17H2,1H3,(H2,29,31,33,35,37)(H2,30,32,34,36,38). The van der Waals surface area contributed by atoms with Crippen LogP contribution in [0.15, 0.2) is 10.3 Å². The van der Waals surface area contributed by atoms with Crippen molar-refractivity contribution < 1.29 is 0 Å². The second-order valence-corrected chi connectivity index (χ2v) is 13.2. The lowest BCUT2D eigenvalue weighted by Crippen LogP contribution is -2.42. The van der Waals surface area contributed by atoms with Crippen LogP contribution in [0.1, 0.15) is 96.8 Å². The van der Waals surface area contributed by atoms with Crippen molar-refractivity contribution in [1.29, 1.82) is 0 Å². The van der Waals surface area contributed by atoms with Crippen LogP contribution in [0.5, 0.6) is 0 Å². The minimum absolute atomic E-state index is 0.155. The number of thioether (sulfide) groups is 2. The molecule has 2 fully saturated rings. The molecule has 0 amide bonds. The summed E-state index contributed by atoms with van der Waals surface area (Å²) in [7, 11) is 0. The molecule has 0 unspecified atom stereocenters. The maximum Gasteiger partial charge on any atom is 0.205 e. The van der Waals surface area contributed by atoms with Crippen LogP contribution in [0, 0.1) is 9.54 Å². The molecule has 0 saturated heterocycles. The number of hydrogen-bond acceptors (Lipinski definition) is 12. The Morgan fingerprint density at radius 1 is 0.725 bits per heavy atom. The Hall–Kier alpha value is -1.32. The van der Waals surface area contributed by atoms with Crippen molar-refractivity contribution in [2.75, 3.05) is 22.4 Å². The van der Waals surface area contributed by atoms with Gasteiger partial charge in [0, 0.05) is 12.1 Å². The van der Waals surface area contributed by atoms with Crippen LogP contribution in [0.2, 0.25) is 0 Å². The monoisotopic (exact) mass is 624 g/mol. The predicted molar refractivity (Wildman–Crippen MR) is 171 cm³/mol. The summed E-state index contributed by atoms with van der Waals surface area (Å²) < 4.78 is 0.923. The van der Waals surface area contributed by atoms with Gasteiger partial charge in [0.2, 0.25) is 21.4 Å². The average molecular weight is 625 g/mol. The van der Waals surface area contributed by atoms with E-state index >= 15 is 0 Å². The zero-order valence-electron chi connectivity index (χ0n) is 23.5. The molecule has 14 heteroatoms. The SMILES string of the molecule is CCCCCC(NCSc1nc(NC2CCCCC2)[nH]c(=S)n1)NCSc1nc(NC2CCCCC2)[nH]c(=S)n1. The molecule has 0 aromatic carbocycles. The van der Waals surface area contributed by atoms with Crippen LogP contribution < -0.4 is 21.3 Å². The molecule has 0 spiro atoms. The second-order valence-electron chi connectivity index (χ2n) is 10.6. The van der Waals surface area contributed by atoms with E-state index in [1.807, 2.05) is 0 Å². The van der Waals surface area contributed by atoms with Crippen molar-refractivity contribution in [2.24, 2.45) is 0 Å². The lowest BCUT2D eigenvalue weighted by Gasteiger charge is -2.23. The lowest BCUT2D eigenvalue weighted by molar-refractivity contribution is 0.431. The Morgan fingerprint density at radius 2 is 1.20 bits per heavy atom. The molecule has 2 aliphatic rings. The Kier molecular flexibility index (Phi) is 13.9. The van der Waals surface area contributed by atoms with Gasteiger partial charge in [-0.05, 0) is 56.5 Å². The fraction of sp³-hybridized carbons (Fsp3) is 0.769. The largest absolute Gasteiger partial charge is 0.353 e. The number of nitrogens with zero attached hydrogens (tertiary/aromatic N) is 4. The molecule has 10 nitrogen and oxygen atoms in total. The van der Waals surface area contributed by atoms with Gasteiger partial charge in [-0.2, -0.15) is 19.9 Å². The van der Waals surface area contributed by atoms with E-state index in [0.717, 1.165) is 24.7 Å². The minimum Gasteiger partial charge on any atom is -0.353 e. The summed E-state index contributed by atoms with van der Waals surface area (Å²) in [5.41, 5.74) is 0. The van der Waals surface area contributed by atoms with E-state index in [0.29, 0.717) is 43.7 Å². The fourth-order valence-corrected chi connectivity index (χ4v) is 7.10. The molecule has 2 aromatic rings. The number of hydrogen-bond donors (Lipinski definition) is 6. The van der Waals surface area contributed by atoms with Crippen molar-refractivity contribution in [2.45, 2.75) is 125 Å². The number of unbranched alkanes of at least 4 members (excludes halogenated alkanes) is 2. The van der Waals surface area contributed by atoms with Gasteiger partial charge in [0.25, 0.3) is 0 Å². The first-order valence-electron chi connectivity index (χ1n) is 14.8. The highest BCUT2D eigenvalue weighted by atomic mass is 32.2. The highest BCUT2D eigenvalue weighted by molar-refractivity contribution is 7.99. The topological polar surface area (TPSA) is 131 Å². The van der Waals surface area contributed by atoms with Crippen LogP contribution in [-0.4, -0.2) is 59.9 Å². The zero-order chi connectivity index (χ0) is 28.0. The minimum atomic E-state index is 0.155. The van der Waals surface area contributed by atoms with Gasteiger partial charge in [-0.15, -0.1) is 0 Å². The molecule has 2 aliphatic carbocycles. The van der Waals surface area contributed by atoms with Crippen molar-refractivity contribution in [1.82, 2.24) is 40.5 Å². The average Bonchev–Trinajstić information content (AvgIpc) is 2.93. The van der Waals surface area contributed by atoms with Crippen molar-refractivity contribution in [3.8, 4) is 0 Å². The van der Waals surface area contributed by atoms with Crippen LogP contribution in [0.3, 0.4) is 0 Å². The molecule has 0 atom stereocenters. The summed E-state index contributed by atoms with van der Waals surface area (Å²) in [5.74, 6) is 2.81. The smallest absolute Gasteiger partial charge is 0.205 e. The van der Waals surface area contributed by atoms with Gasteiger partial charge in [-0.25, -0.2) is 0 Å². The van der Waals surface area contributed by atoms with E-state index in [2.05, 4.69) is 58.1 Å². The van der Waals surface area contributed by atoms with E-state index in [1.54, 1.807) is 23.5 Å². The number of anilines is 2. The molecule has 0 radical (unpaired) electrons. The summed E-state index contributed by atoms with van der Waals surface area (Å²) in [6, 6.07) is 0.912. The molecule has 40 heavy (non-hydrogen) atoms. The van der Waals surface area contributed by atoms with E-state index in [1.165, 1.54) is 77.0 Å². The van der Waals surface area contributed by atoms with Gasteiger partial charge < -0.3 is 20.6 Å². The van der Waals surface area contributed by atoms with Crippen molar-refractivity contribution in [3.63, 3.8) is 0 Å². The molecule has 6 N–H and O–H groups in total. The first-order chi connectivity index (χ1) is 19.6. The van der Waals surface area contributed by atoms with Crippen molar-refractivity contribution >= 4 is 59.9 Å². The zero-order valence-corrected chi connectivity index (χ0v) is 26.7. The Balaban J connectivity index is 1.26. The van der Waals surface area contributed by atoms with Gasteiger partial charge >= 0.3 is 0 Å². The second kappa shape index (κ2) is 17.6. The molecule has 4 rings (SSSR count). The van der Waals surface area contributed by atoms with E-state index < -0.39 is 0 Å². The highest BCUT2D eigenvalue weighted by Gasteiger charge is 2.16. The van der Waals surface area contributed by atoms with Gasteiger partial charge in [-0.3, -0.25) is 10.6 Å². The Bertz CT molecular complexity index is 1050. The molecular weight excluding hydrogens is 581 g/mol. The number of H-pyrrole nitrogens is 2. The fourth-order valence-electron chi connectivity index (χ4n) is 5.16. The number of aromatic nitrogens is 6. The molecule has 222 valence electrons. The van der Waals surface area contributed by atoms with Gasteiger partial charge in [-0.1, -0.05) is 88.2 Å². The lowest BCUT2D eigenvalue weighted by atomic mass is 9.96. The van der Waals surface area contributed by atoms with E-state index in [9.17, 15) is 0 Å². The molecule has 0 aliphatic heterocycles. The third-order valence-corrected chi connectivity index (χ3v) is 9.20. The van der Waals surface area contributed by atoms with Crippen molar-refractivity contribution in [3.05, 3.63) is 9.54 Å². The van der Waals surface area contributed by atoms with Crippen LogP contribution in [0.25, 0.3) is 0 Å². The number of rotatable bonds is 16. The van der Waals surface area contributed by atoms with Crippen LogP contribution >= 0.6 is 48.0 Å². The van der Waals surface area contributed by atoms with Gasteiger partial charge in [0.15, 0.2) is 10.3 Å².